The molecule has 0 spiro atoms. The van der Waals surface area contributed by atoms with Crippen LogP contribution in [0.2, 0.25) is 0 Å². The topological polar surface area (TPSA) is 78.4 Å². The minimum atomic E-state index is -0.103. The number of aliphatic imine (C=N–C) groups is 1. The van der Waals surface area contributed by atoms with Crippen LogP contribution in [0, 0.1) is 0 Å². The van der Waals surface area contributed by atoms with Crippen LogP contribution in [-0.4, -0.2) is 37.0 Å². The smallest absolute Gasteiger partial charge is 0.243 e. The van der Waals surface area contributed by atoms with E-state index in [1.807, 2.05) is 30.5 Å². The lowest BCUT2D eigenvalue weighted by Crippen LogP contribution is -2.42. The zero-order chi connectivity index (χ0) is 18.8. The standard InChI is InChI=1S/C19H27N5OS/c1-4-14-7-6-8-15(11-14)24-17(25)13-23-19(20-3)21-10-9-18-22-12-16(5-2)26-18/h6-8,11-12H,4-5,9-10,13H2,1-3H3,(H,24,25)(H2,20,21,23). The summed E-state index contributed by atoms with van der Waals surface area (Å²) in [5.74, 6) is 0.503. The van der Waals surface area contributed by atoms with Gasteiger partial charge >= 0.3 is 0 Å². The Morgan fingerprint density at radius 2 is 2.08 bits per heavy atom. The van der Waals surface area contributed by atoms with Crippen LogP contribution < -0.4 is 16.0 Å². The largest absolute Gasteiger partial charge is 0.356 e. The van der Waals surface area contributed by atoms with Crippen molar-refractivity contribution in [1.82, 2.24) is 15.6 Å². The van der Waals surface area contributed by atoms with Gasteiger partial charge in [0.2, 0.25) is 5.91 Å². The molecule has 140 valence electrons. The maximum Gasteiger partial charge on any atom is 0.243 e. The number of anilines is 1. The van der Waals surface area contributed by atoms with Crippen molar-refractivity contribution in [3.63, 3.8) is 0 Å². The van der Waals surface area contributed by atoms with Crippen LogP contribution in [0.15, 0.2) is 35.5 Å². The van der Waals surface area contributed by atoms with E-state index < -0.39 is 0 Å². The molecule has 1 aromatic carbocycles. The number of hydrogen-bond donors (Lipinski definition) is 3. The fourth-order valence-electron chi connectivity index (χ4n) is 2.37. The van der Waals surface area contributed by atoms with E-state index in [1.165, 1.54) is 10.4 Å². The van der Waals surface area contributed by atoms with Crippen LogP contribution >= 0.6 is 11.3 Å². The Kier molecular flexibility index (Phi) is 8.08. The number of carbonyl (C=O) groups excluding carboxylic acids is 1. The Balaban J connectivity index is 1.72. The summed E-state index contributed by atoms with van der Waals surface area (Å²) in [5, 5.41) is 10.2. The molecule has 1 amide bonds. The van der Waals surface area contributed by atoms with Gasteiger partial charge in [0.15, 0.2) is 5.96 Å². The monoisotopic (exact) mass is 373 g/mol. The lowest BCUT2D eigenvalue weighted by Gasteiger charge is -2.12. The highest BCUT2D eigenvalue weighted by Gasteiger charge is 2.06. The summed E-state index contributed by atoms with van der Waals surface area (Å²) < 4.78 is 0. The summed E-state index contributed by atoms with van der Waals surface area (Å²) in [4.78, 5) is 21.9. The molecule has 0 fully saturated rings. The molecule has 0 aliphatic heterocycles. The van der Waals surface area contributed by atoms with Crippen LogP contribution in [0.25, 0.3) is 0 Å². The molecule has 26 heavy (non-hydrogen) atoms. The molecule has 7 heteroatoms. The van der Waals surface area contributed by atoms with E-state index in [-0.39, 0.29) is 12.5 Å². The van der Waals surface area contributed by atoms with Crippen LogP contribution in [0.4, 0.5) is 5.69 Å². The van der Waals surface area contributed by atoms with Crippen molar-refractivity contribution in [1.29, 1.82) is 0 Å². The summed E-state index contributed by atoms with van der Waals surface area (Å²) in [6, 6.07) is 7.88. The highest BCUT2D eigenvalue weighted by molar-refractivity contribution is 7.11. The third-order valence-electron chi connectivity index (χ3n) is 3.84. The lowest BCUT2D eigenvalue weighted by atomic mass is 10.1. The van der Waals surface area contributed by atoms with Gasteiger partial charge in [-0.2, -0.15) is 0 Å². The first-order valence-electron chi connectivity index (χ1n) is 8.91. The minimum Gasteiger partial charge on any atom is -0.356 e. The molecule has 0 bridgehead atoms. The van der Waals surface area contributed by atoms with Gasteiger partial charge in [-0.3, -0.25) is 9.79 Å². The van der Waals surface area contributed by atoms with Gasteiger partial charge in [0.05, 0.1) is 11.6 Å². The molecule has 2 aromatic rings. The van der Waals surface area contributed by atoms with Crippen molar-refractivity contribution in [3.8, 4) is 0 Å². The summed E-state index contributed by atoms with van der Waals surface area (Å²) >= 11 is 1.74. The predicted molar refractivity (Wildman–Crippen MR) is 109 cm³/mol. The maximum atomic E-state index is 12.1. The summed E-state index contributed by atoms with van der Waals surface area (Å²) in [6.45, 7) is 5.10. The first-order valence-corrected chi connectivity index (χ1v) is 9.73. The maximum absolute atomic E-state index is 12.1. The zero-order valence-corrected chi connectivity index (χ0v) is 16.4. The van der Waals surface area contributed by atoms with Crippen molar-refractivity contribution in [2.75, 3.05) is 25.5 Å². The van der Waals surface area contributed by atoms with Gasteiger partial charge in [0.25, 0.3) is 0 Å². The molecule has 6 nitrogen and oxygen atoms in total. The van der Waals surface area contributed by atoms with Crippen LogP contribution in [-0.2, 0) is 24.1 Å². The fourth-order valence-corrected chi connectivity index (χ4v) is 3.24. The number of carbonyl (C=O) groups is 1. The first kappa shape index (κ1) is 19.9. The highest BCUT2D eigenvalue weighted by atomic mass is 32.1. The molecule has 3 N–H and O–H groups in total. The van der Waals surface area contributed by atoms with Gasteiger partial charge in [-0.1, -0.05) is 26.0 Å². The number of guanidine groups is 1. The SMILES string of the molecule is CCc1cccc(NC(=O)CNC(=NC)NCCc2ncc(CC)s2)c1. The Morgan fingerprint density at radius 3 is 2.77 bits per heavy atom. The van der Waals surface area contributed by atoms with E-state index in [9.17, 15) is 4.79 Å². The van der Waals surface area contributed by atoms with Gasteiger partial charge in [-0.15, -0.1) is 11.3 Å². The molecule has 2 rings (SSSR count). The quantitative estimate of drug-likeness (QED) is 0.491. The summed E-state index contributed by atoms with van der Waals surface area (Å²) in [5.41, 5.74) is 2.01. The number of thiazole rings is 1. The van der Waals surface area contributed by atoms with E-state index in [0.717, 1.165) is 36.5 Å². The molecule has 1 aromatic heterocycles. The van der Waals surface area contributed by atoms with Crippen molar-refractivity contribution in [2.24, 2.45) is 4.99 Å². The molecule has 0 saturated carbocycles. The highest BCUT2D eigenvalue weighted by Crippen LogP contribution is 2.13. The number of aromatic nitrogens is 1. The Hall–Kier alpha value is -2.41. The van der Waals surface area contributed by atoms with Crippen molar-refractivity contribution < 1.29 is 4.79 Å². The van der Waals surface area contributed by atoms with E-state index in [0.29, 0.717) is 5.96 Å². The number of benzene rings is 1. The first-order chi connectivity index (χ1) is 12.6. The Bertz CT molecular complexity index is 741. The average molecular weight is 374 g/mol. The Morgan fingerprint density at radius 1 is 1.23 bits per heavy atom. The fraction of sp³-hybridized carbons (Fsp3) is 0.421. The number of hydrogen-bond acceptors (Lipinski definition) is 4. The lowest BCUT2D eigenvalue weighted by molar-refractivity contribution is -0.115. The van der Waals surface area contributed by atoms with E-state index in [1.54, 1.807) is 18.4 Å². The van der Waals surface area contributed by atoms with E-state index in [4.69, 9.17) is 0 Å². The number of rotatable bonds is 8. The number of amides is 1. The van der Waals surface area contributed by atoms with Gasteiger partial charge in [0, 0.05) is 36.8 Å². The zero-order valence-electron chi connectivity index (χ0n) is 15.6. The van der Waals surface area contributed by atoms with Crippen molar-refractivity contribution in [2.45, 2.75) is 33.1 Å². The molecule has 0 radical (unpaired) electrons. The number of aryl methyl sites for hydroxylation is 2. The van der Waals surface area contributed by atoms with E-state index in [2.05, 4.69) is 39.8 Å². The second-order valence-electron chi connectivity index (χ2n) is 5.78. The van der Waals surface area contributed by atoms with Gasteiger partial charge in [0.1, 0.15) is 0 Å². The number of nitrogens with one attached hydrogen (secondary N) is 3. The van der Waals surface area contributed by atoms with Crippen LogP contribution in [0.3, 0.4) is 0 Å². The normalized spacial score (nSPS) is 11.3. The van der Waals surface area contributed by atoms with E-state index >= 15 is 0 Å². The molecular weight excluding hydrogens is 346 g/mol. The predicted octanol–water partition coefficient (Wildman–Crippen LogP) is 2.61. The summed E-state index contributed by atoms with van der Waals surface area (Å²) in [7, 11) is 1.69. The molecule has 0 atom stereocenters. The molecular formula is C19H27N5OS. The van der Waals surface area contributed by atoms with Gasteiger partial charge < -0.3 is 16.0 Å². The van der Waals surface area contributed by atoms with Crippen LogP contribution in [0.1, 0.15) is 29.3 Å². The van der Waals surface area contributed by atoms with Gasteiger partial charge in [-0.25, -0.2) is 4.98 Å². The second-order valence-corrected chi connectivity index (χ2v) is 6.98. The third kappa shape index (κ3) is 6.48. The minimum absolute atomic E-state index is 0.103. The molecule has 0 aliphatic carbocycles. The van der Waals surface area contributed by atoms with Gasteiger partial charge in [-0.05, 0) is 30.5 Å². The molecule has 0 unspecified atom stereocenters. The third-order valence-corrected chi connectivity index (χ3v) is 5.04. The second kappa shape index (κ2) is 10.6. The average Bonchev–Trinajstić information content (AvgIpc) is 3.12. The summed E-state index contributed by atoms with van der Waals surface area (Å²) in [6.07, 6.45) is 4.73. The number of nitrogens with zero attached hydrogens (tertiary/aromatic N) is 2. The molecule has 1 heterocycles. The van der Waals surface area contributed by atoms with Crippen molar-refractivity contribution >= 4 is 28.9 Å². The van der Waals surface area contributed by atoms with Crippen molar-refractivity contribution in [3.05, 3.63) is 45.9 Å². The molecule has 0 saturated heterocycles. The Labute approximate surface area is 159 Å². The molecule has 0 aliphatic rings. The van der Waals surface area contributed by atoms with Crippen LogP contribution in [0.5, 0.6) is 0 Å².